The average molecular weight is 248 g/mol. The summed E-state index contributed by atoms with van der Waals surface area (Å²) in [6.07, 6.45) is 1.15. The van der Waals surface area contributed by atoms with Crippen molar-refractivity contribution in [3.8, 4) is 5.75 Å². The Morgan fingerprint density at radius 2 is 2.11 bits per heavy atom. The molecule has 0 aromatic heterocycles. The summed E-state index contributed by atoms with van der Waals surface area (Å²) in [6.45, 7) is 10.2. The fourth-order valence-corrected chi connectivity index (χ4v) is 1.60. The van der Waals surface area contributed by atoms with Crippen LogP contribution in [0.4, 0.5) is 0 Å². The van der Waals surface area contributed by atoms with Crippen molar-refractivity contribution in [2.24, 2.45) is 0 Å². The minimum atomic E-state index is -0.424. The molecule has 0 aliphatic carbocycles. The number of carbonyl (C=O) groups is 1. The molecule has 3 heteroatoms. The predicted molar refractivity (Wildman–Crippen MR) is 71.9 cm³/mol. The summed E-state index contributed by atoms with van der Waals surface area (Å²) in [5.74, 6) is 0.836. The van der Waals surface area contributed by atoms with Crippen LogP contribution in [0.5, 0.6) is 5.75 Å². The van der Waals surface area contributed by atoms with Gasteiger partial charge in [-0.1, -0.05) is 32.6 Å². The second-order valence-corrected chi connectivity index (χ2v) is 4.42. The second-order valence-electron chi connectivity index (χ2n) is 4.42. The van der Waals surface area contributed by atoms with Gasteiger partial charge in [-0.25, -0.2) is 4.79 Å². The van der Waals surface area contributed by atoms with E-state index < -0.39 is 5.97 Å². The van der Waals surface area contributed by atoms with Crippen molar-refractivity contribution in [2.75, 3.05) is 13.2 Å². The Kier molecular flexibility index (Phi) is 5.43. The van der Waals surface area contributed by atoms with E-state index in [-0.39, 0.29) is 6.61 Å². The zero-order valence-corrected chi connectivity index (χ0v) is 11.2. The van der Waals surface area contributed by atoms with E-state index >= 15 is 0 Å². The van der Waals surface area contributed by atoms with Gasteiger partial charge in [-0.3, -0.25) is 0 Å². The lowest BCUT2D eigenvalue weighted by molar-refractivity contribution is -0.138. The van der Waals surface area contributed by atoms with Crippen LogP contribution in [0, 0.1) is 6.92 Å². The molecule has 1 aromatic rings. The van der Waals surface area contributed by atoms with E-state index in [1.165, 1.54) is 0 Å². The van der Waals surface area contributed by atoms with Crippen molar-refractivity contribution in [1.29, 1.82) is 0 Å². The molecular formula is C15H20O3. The van der Waals surface area contributed by atoms with E-state index in [0.717, 1.165) is 23.0 Å². The second kappa shape index (κ2) is 6.84. The molecule has 0 N–H and O–H groups in total. The molecule has 0 radical (unpaired) electrons. The van der Waals surface area contributed by atoms with Crippen molar-refractivity contribution in [1.82, 2.24) is 0 Å². The van der Waals surface area contributed by atoms with Crippen LogP contribution in [-0.4, -0.2) is 19.2 Å². The molecule has 0 saturated carbocycles. The number of esters is 1. The van der Waals surface area contributed by atoms with Crippen molar-refractivity contribution in [2.45, 2.75) is 26.7 Å². The largest absolute Gasteiger partial charge is 0.490 e. The maximum atomic E-state index is 10.9. The van der Waals surface area contributed by atoms with Crippen LogP contribution in [0.25, 0.3) is 0 Å². The van der Waals surface area contributed by atoms with Gasteiger partial charge in [-0.05, 0) is 30.0 Å². The average Bonchev–Trinajstić information content (AvgIpc) is 2.34. The molecule has 0 amide bonds. The number of carbonyl (C=O) groups excluding carboxylic acids is 1. The molecule has 1 rings (SSSR count). The maximum absolute atomic E-state index is 10.9. The molecule has 18 heavy (non-hydrogen) atoms. The molecule has 0 unspecified atom stereocenters. The molecule has 3 nitrogen and oxygen atoms in total. The molecule has 0 spiro atoms. The van der Waals surface area contributed by atoms with Crippen LogP contribution in [0.2, 0.25) is 0 Å². The highest BCUT2D eigenvalue weighted by molar-refractivity contribution is 5.81. The maximum Gasteiger partial charge on any atom is 0.330 e. The van der Waals surface area contributed by atoms with Gasteiger partial charge in [0.25, 0.3) is 0 Å². The van der Waals surface area contributed by atoms with E-state index in [4.69, 9.17) is 9.47 Å². The van der Waals surface area contributed by atoms with E-state index in [0.29, 0.717) is 12.5 Å². The molecule has 0 atom stereocenters. The van der Waals surface area contributed by atoms with Crippen LogP contribution in [0.15, 0.2) is 30.9 Å². The first-order valence-corrected chi connectivity index (χ1v) is 6.07. The van der Waals surface area contributed by atoms with E-state index in [2.05, 4.69) is 32.6 Å². The minimum absolute atomic E-state index is 0.232. The summed E-state index contributed by atoms with van der Waals surface area (Å²) in [7, 11) is 0. The Balaban J connectivity index is 2.58. The molecular weight excluding hydrogens is 228 g/mol. The van der Waals surface area contributed by atoms with E-state index in [9.17, 15) is 4.79 Å². The third-order valence-corrected chi connectivity index (χ3v) is 2.54. The molecule has 0 aliphatic heterocycles. The van der Waals surface area contributed by atoms with Crippen LogP contribution in [0.1, 0.15) is 30.9 Å². The lowest BCUT2D eigenvalue weighted by atomic mass is 10.0. The van der Waals surface area contributed by atoms with Gasteiger partial charge in [0.1, 0.15) is 19.0 Å². The summed E-state index contributed by atoms with van der Waals surface area (Å²) < 4.78 is 10.5. The van der Waals surface area contributed by atoms with Crippen molar-refractivity contribution >= 4 is 5.97 Å². The van der Waals surface area contributed by atoms with Gasteiger partial charge in [-0.2, -0.15) is 0 Å². The highest BCUT2D eigenvalue weighted by Crippen LogP contribution is 2.27. The summed E-state index contributed by atoms with van der Waals surface area (Å²) in [5.41, 5.74) is 2.31. The van der Waals surface area contributed by atoms with Crippen LogP contribution in [0.3, 0.4) is 0 Å². The van der Waals surface area contributed by atoms with E-state index in [1.807, 2.05) is 13.0 Å². The van der Waals surface area contributed by atoms with Gasteiger partial charge in [0, 0.05) is 6.08 Å². The monoisotopic (exact) mass is 248 g/mol. The SMILES string of the molecule is C=CC(=O)OCCOc1cc(C)ccc1C(C)C. The topological polar surface area (TPSA) is 35.5 Å². The van der Waals surface area contributed by atoms with Crippen LogP contribution < -0.4 is 4.74 Å². The van der Waals surface area contributed by atoms with Crippen molar-refractivity contribution in [3.05, 3.63) is 42.0 Å². The van der Waals surface area contributed by atoms with Crippen molar-refractivity contribution < 1.29 is 14.3 Å². The lowest BCUT2D eigenvalue weighted by Gasteiger charge is -2.14. The summed E-state index contributed by atoms with van der Waals surface area (Å²) >= 11 is 0. The molecule has 98 valence electrons. The molecule has 0 aliphatic rings. The first-order chi connectivity index (χ1) is 8.54. The quantitative estimate of drug-likeness (QED) is 0.440. The molecule has 0 fully saturated rings. The highest BCUT2D eigenvalue weighted by atomic mass is 16.6. The van der Waals surface area contributed by atoms with Crippen LogP contribution >= 0.6 is 0 Å². The number of aryl methyl sites for hydroxylation is 1. The lowest BCUT2D eigenvalue weighted by Crippen LogP contribution is -2.11. The van der Waals surface area contributed by atoms with Crippen molar-refractivity contribution in [3.63, 3.8) is 0 Å². The first-order valence-electron chi connectivity index (χ1n) is 6.07. The van der Waals surface area contributed by atoms with E-state index in [1.54, 1.807) is 0 Å². The number of benzene rings is 1. The summed E-state index contributed by atoms with van der Waals surface area (Å²) in [4.78, 5) is 10.9. The smallest absolute Gasteiger partial charge is 0.330 e. The molecule has 1 aromatic carbocycles. The number of ether oxygens (including phenoxy) is 2. The molecule has 0 bridgehead atoms. The Labute approximate surface area is 108 Å². The van der Waals surface area contributed by atoms with Gasteiger partial charge < -0.3 is 9.47 Å². The van der Waals surface area contributed by atoms with Gasteiger partial charge >= 0.3 is 5.97 Å². The van der Waals surface area contributed by atoms with Gasteiger partial charge in [-0.15, -0.1) is 0 Å². The Bertz CT molecular complexity index is 422. The first kappa shape index (κ1) is 14.3. The number of rotatable bonds is 6. The fourth-order valence-electron chi connectivity index (χ4n) is 1.60. The van der Waals surface area contributed by atoms with Gasteiger partial charge in [0.05, 0.1) is 0 Å². The third-order valence-electron chi connectivity index (χ3n) is 2.54. The predicted octanol–water partition coefficient (Wildman–Crippen LogP) is 3.23. The normalized spacial score (nSPS) is 10.2. The van der Waals surface area contributed by atoms with Crippen LogP contribution in [-0.2, 0) is 9.53 Å². The third kappa shape index (κ3) is 4.24. The van der Waals surface area contributed by atoms with Gasteiger partial charge in [0.15, 0.2) is 0 Å². The Hall–Kier alpha value is -1.77. The fraction of sp³-hybridized carbons (Fsp3) is 0.400. The molecule has 0 saturated heterocycles. The standard InChI is InChI=1S/C15H20O3/c1-5-15(16)18-9-8-17-14-10-12(4)6-7-13(14)11(2)3/h5-7,10-11H,1,8-9H2,2-4H3. The zero-order valence-electron chi connectivity index (χ0n) is 11.2. The summed E-state index contributed by atoms with van der Waals surface area (Å²) in [6, 6.07) is 6.15. The minimum Gasteiger partial charge on any atom is -0.490 e. The number of hydrogen-bond donors (Lipinski definition) is 0. The van der Waals surface area contributed by atoms with Gasteiger partial charge in [0.2, 0.25) is 0 Å². The number of hydrogen-bond acceptors (Lipinski definition) is 3. The highest BCUT2D eigenvalue weighted by Gasteiger charge is 2.08. The molecule has 0 heterocycles. The summed E-state index contributed by atoms with van der Waals surface area (Å²) in [5, 5.41) is 0. The zero-order chi connectivity index (χ0) is 13.5. The Morgan fingerprint density at radius 1 is 1.39 bits per heavy atom. The Morgan fingerprint density at radius 3 is 2.72 bits per heavy atom.